The Morgan fingerprint density at radius 2 is 2.00 bits per heavy atom. The van der Waals surface area contributed by atoms with Crippen LogP contribution in [0.5, 0.6) is 0 Å². The molecule has 0 bridgehead atoms. The molecule has 0 amide bonds. The summed E-state index contributed by atoms with van der Waals surface area (Å²) < 4.78 is 4.95. The van der Waals surface area contributed by atoms with Gasteiger partial charge in [0.25, 0.3) is 6.47 Å². The summed E-state index contributed by atoms with van der Waals surface area (Å²) in [6, 6.07) is 0. The zero-order valence-electron chi connectivity index (χ0n) is 8.59. The van der Waals surface area contributed by atoms with Gasteiger partial charge >= 0.3 is 0 Å². The molecule has 0 spiro atoms. The highest BCUT2D eigenvalue weighted by atomic mass is 16.5. The topological polar surface area (TPSA) is 26.3 Å². The molecule has 0 radical (unpaired) electrons. The molecular formula is C10H20O2. The van der Waals surface area contributed by atoms with Crippen molar-refractivity contribution in [1.82, 2.24) is 0 Å². The zero-order valence-corrected chi connectivity index (χ0v) is 8.59. The number of hydrogen-bond acceptors (Lipinski definition) is 2. The minimum Gasteiger partial charge on any atom is -0.465 e. The molecule has 0 rings (SSSR count). The van der Waals surface area contributed by atoms with E-state index in [1.807, 2.05) is 6.92 Å². The number of hydrogen-bond donors (Lipinski definition) is 0. The van der Waals surface area contributed by atoms with Crippen LogP contribution in [-0.2, 0) is 9.53 Å². The van der Waals surface area contributed by atoms with Crippen LogP contribution in [0, 0.1) is 5.41 Å². The lowest BCUT2D eigenvalue weighted by molar-refractivity contribution is -0.135. The molecule has 2 heteroatoms. The van der Waals surface area contributed by atoms with Crippen LogP contribution in [0.4, 0.5) is 0 Å². The van der Waals surface area contributed by atoms with E-state index >= 15 is 0 Å². The molecule has 2 nitrogen and oxygen atoms in total. The largest absolute Gasteiger partial charge is 0.465 e. The first-order chi connectivity index (χ1) is 5.55. The quantitative estimate of drug-likeness (QED) is 0.576. The van der Waals surface area contributed by atoms with Gasteiger partial charge in [0.1, 0.15) is 6.10 Å². The lowest BCUT2D eigenvalue weighted by Gasteiger charge is -2.26. The second kappa shape index (κ2) is 5.18. The van der Waals surface area contributed by atoms with E-state index in [4.69, 9.17) is 4.74 Å². The highest BCUT2D eigenvalue weighted by Crippen LogP contribution is 2.27. The van der Waals surface area contributed by atoms with Crippen LogP contribution in [-0.4, -0.2) is 12.6 Å². The number of carbonyl (C=O) groups is 1. The smallest absolute Gasteiger partial charge is 0.293 e. The minimum absolute atomic E-state index is 0.0949. The van der Waals surface area contributed by atoms with Gasteiger partial charge in [-0.15, -0.1) is 0 Å². The van der Waals surface area contributed by atoms with Crippen LogP contribution in [0.25, 0.3) is 0 Å². The zero-order chi connectivity index (χ0) is 9.61. The molecular weight excluding hydrogens is 152 g/mol. The molecule has 0 aromatic heterocycles. The van der Waals surface area contributed by atoms with Gasteiger partial charge in [0.05, 0.1) is 0 Å². The third-order valence-corrected chi connectivity index (χ3v) is 2.44. The second-order valence-electron chi connectivity index (χ2n) is 3.98. The first-order valence-corrected chi connectivity index (χ1v) is 4.64. The van der Waals surface area contributed by atoms with E-state index in [0.29, 0.717) is 6.47 Å². The number of carbonyl (C=O) groups excluding carboxylic acids is 1. The van der Waals surface area contributed by atoms with Gasteiger partial charge in [-0.1, -0.05) is 34.1 Å². The van der Waals surface area contributed by atoms with Gasteiger partial charge in [-0.2, -0.15) is 0 Å². The van der Waals surface area contributed by atoms with Crippen LogP contribution < -0.4 is 0 Å². The average molecular weight is 172 g/mol. The fourth-order valence-electron chi connectivity index (χ4n) is 1.13. The normalized spacial score (nSPS) is 14.0. The van der Waals surface area contributed by atoms with Gasteiger partial charge in [0, 0.05) is 0 Å². The first kappa shape index (κ1) is 11.5. The van der Waals surface area contributed by atoms with Gasteiger partial charge in [-0.05, 0) is 18.3 Å². The monoisotopic (exact) mass is 172 g/mol. The van der Waals surface area contributed by atoms with E-state index in [-0.39, 0.29) is 11.5 Å². The average Bonchev–Trinajstić information content (AvgIpc) is 2.03. The molecule has 0 aliphatic carbocycles. The van der Waals surface area contributed by atoms with E-state index in [1.165, 1.54) is 0 Å². The summed E-state index contributed by atoms with van der Waals surface area (Å²) >= 11 is 0. The maximum absolute atomic E-state index is 10.1. The Balaban J connectivity index is 3.91. The summed E-state index contributed by atoms with van der Waals surface area (Å²) in [7, 11) is 0. The van der Waals surface area contributed by atoms with Crippen molar-refractivity contribution < 1.29 is 9.53 Å². The van der Waals surface area contributed by atoms with Crippen molar-refractivity contribution in [2.45, 2.75) is 53.1 Å². The van der Waals surface area contributed by atoms with Crippen LogP contribution in [0.2, 0.25) is 0 Å². The van der Waals surface area contributed by atoms with Gasteiger partial charge in [0.15, 0.2) is 0 Å². The molecule has 0 saturated carbocycles. The highest BCUT2D eigenvalue weighted by Gasteiger charge is 2.21. The van der Waals surface area contributed by atoms with Crippen LogP contribution in [0.1, 0.15) is 47.0 Å². The summed E-state index contributed by atoms with van der Waals surface area (Å²) in [6.45, 7) is 9.15. The number of rotatable bonds is 6. The summed E-state index contributed by atoms with van der Waals surface area (Å²) in [5.41, 5.74) is 0.281. The van der Waals surface area contributed by atoms with E-state index in [2.05, 4.69) is 20.8 Å². The molecule has 0 saturated heterocycles. The number of ether oxygens (including phenoxy) is 1. The molecule has 0 heterocycles. The Kier molecular flexibility index (Phi) is 4.95. The standard InChI is InChI=1S/C10H20O2/c1-5-9(12-8-11)7-10(3,4)6-2/h8-9H,5-7H2,1-4H3. The lowest BCUT2D eigenvalue weighted by Crippen LogP contribution is -2.21. The molecule has 0 aromatic rings. The summed E-state index contributed by atoms with van der Waals surface area (Å²) in [4.78, 5) is 10.1. The van der Waals surface area contributed by atoms with Crippen LogP contribution in [0.15, 0.2) is 0 Å². The summed E-state index contributed by atoms with van der Waals surface area (Å²) in [6.07, 6.45) is 3.07. The molecule has 0 aliphatic rings. The second-order valence-corrected chi connectivity index (χ2v) is 3.98. The van der Waals surface area contributed by atoms with Gasteiger partial charge in [-0.25, -0.2) is 0 Å². The Labute approximate surface area is 75.3 Å². The van der Waals surface area contributed by atoms with Crippen molar-refractivity contribution in [2.24, 2.45) is 5.41 Å². The third kappa shape index (κ3) is 4.37. The van der Waals surface area contributed by atoms with Crippen molar-refractivity contribution in [3.8, 4) is 0 Å². The molecule has 72 valence electrons. The minimum atomic E-state index is 0.0949. The molecule has 0 fully saturated rings. The third-order valence-electron chi connectivity index (χ3n) is 2.44. The first-order valence-electron chi connectivity index (χ1n) is 4.64. The van der Waals surface area contributed by atoms with E-state index in [9.17, 15) is 4.79 Å². The van der Waals surface area contributed by atoms with Crippen molar-refractivity contribution in [3.05, 3.63) is 0 Å². The van der Waals surface area contributed by atoms with Crippen molar-refractivity contribution in [1.29, 1.82) is 0 Å². The molecule has 1 unspecified atom stereocenters. The summed E-state index contributed by atoms with van der Waals surface area (Å²) in [5, 5.41) is 0. The highest BCUT2D eigenvalue weighted by molar-refractivity contribution is 5.37. The Morgan fingerprint density at radius 1 is 1.42 bits per heavy atom. The van der Waals surface area contributed by atoms with Crippen LogP contribution >= 0.6 is 0 Å². The van der Waals surface area contributed by atoms with Crippen molar-refractivity contribution in [2.75, 3.05) is 0 Å². The Morgan fingerprint density at radius 3 is 2.33 bits per heavy atom. The maximum atomic E-state index is 10.1. The van der Waals surface area contributed by atoms with Gasteiger partial charge in [0.2, 0.25) is 0 Å². The lowest BCUT2D eigenvalue weighted by atomic mass is 9.83. The maximum Gasteiger partial charge on any atom is 0.293 e. The fraction of sp³-hybridized carbons (Fsp3) is 0.900. The Bertz CT molecular complexity index is 130. The SMILES string of the molecule is CCC(CC(C)(C)CC)OC=O. The van der Waals surface area contributed by atoms with E-state index in [1.54, 1.807) is 0 Å². The Hall–Kier alpha value is -0.530. The predicted molar refractivity (Wildman–Crippen MR) is 49.9 cm³/mol. The van der Waals surface area contributed by atoms with Gasteiger partial charge < -0.3 is 4.74 Å². The molecule has 0 aliphatic heterocycles. The van der Waals surface area contributed by atoms with Crippen molar-refractivity contribution in [3.63, 3.8) is 0 Å². The van der Waals surface area contributed by atoms with Crippen molar-refractivity contribution >= 4 is 6.47 Å². The van der Waals surface area contributed by atoms with Gasteiger partial charge in [-0.3, -0.25) is 4.79 Å². The van der Waals surface area contributed by atoms with Crippen LogP contribution in [0.3, 0.4) is 0 Å². The fourth-order valence-corrected chi connectivity index (χ4v) is 1.13. The van der Waals surface area contributed by atoms with E-state index in [0.717, 1.165) is 19.3 Å². The van der Waals surface area contributed by atoms with E-state index < -0.39 is 0 Å². The molecule has 0 N–H and O–H groups in total. The summed E-state index contributed by atoms with van der Waals surface area (Å²) in [5.74, 6) is 0. The molecule has 12 heavy (non-hydrogen) atoms. The molecule has 1 atom stereocenters. The predicted octanol–water partition coefficient (Wildman–Crippen LogP) is 2.76. The molecule has 0 aromatic carbocycles.